The monoisotopic (exact) mass is 372 g/mol. The Morgan fingerprint density at radius 2 is 2.27 bits per heavy atom. The number of rotatable bonds is 5. The molecule has 1 aliphatic heterocycles. The second-order valence-electron chi connectivity index (χ2n) is 6.87. The summed E-state index contributed by atoms with van der Waals surface area (Å²) in [4.78, 5) is 30.9. The zero-order valence-corrected chi connectivity index (χ0v) is 16.1. The molecule has 1 aromatic heterocycles. The Balaban J connectivity index is 1.73. The van der Waals surface area contributed by atoms with E-state index in [-0.39, 0.29) is 30.3 Å². The number of hydrogen-bond donors (Lipinski definition) is 2. The first-order valence-electron chi connectivity index (χ1n) is 8.76. The van der Waals surface area contributed by atoms with Crippen molar-refractivity contribution in [2.24, 2.45) is 5.92 Å². The molecule has 7 heteroatoms. The minimum Gasteiger partial charge on any atom is -0.379 e. The third kappa shape index (κ3) is 4.22. The predicted octanol–water partition coefficient (Wildman–Crippen LogP) is 2.66. The van der Waals surface area contributed by atoms with E-state index in [9.17, 15) is 9.59 Å². The number of nitrogens with zero attached hydrogens (tertiary/aromatic N) is 2. The second kappa shape index (κ2) is 7.86. The molecule has 1 unspecified atom stereocenters. The van der Waals surface area contributed by atoms with Crippen molar-refractivity contribution in [3.8, 4) is 0 Å². The van der Waals surface area contributed by atoms with Gasteiger partial charge in [0.15, 0.2) is 0 Å². The predicted molar refractivity (Wildman–Crippen MR) is 103 cm³/mol. The summed E-state index contributed by atoms with van der Waals surface area (Å²) in [5.41, 5.74) is 2.47. The average molecular weight is 372 g/mol. The van der Waals surface area contributed by atoms with E-state index in [0.717, 1.165) is 16.4 Å². The molecule has 2 aromatic rings. The lowest BCUT2D eigenvalue weighted by Crippen LogP contribution is -2.58. The highest BCUT2D eigenvalue weighted by molar-refractivity contribution is 7.09. The van der Waals surface area contributed by atoms with Crippen molar-refractivity contribution in [1.29, 1.82) is 0 Å². The first-order chi connectivity index (χ1) is 12.4. The number of amides is 2. The number of carbonyl (C=O) groups is 2. The smallest absolute Gasteiger partial charge is 0.254 e. The lowest BCUT2D eigenvalue weighted by atomic mass is 9.99. The van der Waals surface area contributed by atoms with Crippen molar-refractivity contribution in [3.05, 3.63) is 45.9 Å². The van der Waals surface area contributed by atoms with Crippen LogP contribution in [0.3, 0.4) is 0 Å². The van der Waals surface area contributed by atoms with Crippen LogP contribution >= 0.6 is 11.3 Å². The van der Waals surface area contributed by atoms with E-state index in [0.29, 0.717) is 18.7 Å². The molecule has 0 spiro atoms. The number of piperazine rings is 1. The fraction of sp³-hybridized carbons (Fsp3) is 0.421. The standard InChI is InChI=1S/C19H24N4O2S/c1-12(2)16-8-21-17(24)10-23(16)19(25)14-5-4-6-15(7-14)20-9-18-22-13(3)11-26-18/h4-7,11-12,16,20H,8-10H2,1-3H3,(H,21,24). The molecule has 3 rings (SSSR count). The van der Waals surface area contributed by atoms with Crippen LogP contribution in [0.5, 0.6) is 0 Å². The van der Waals surface area contributed by atoms with Crippen molar-refractivity contribution in [3.63, 3.8) is 0 Å². The Kier molecular flexibility index (Phi) is 5.56. The maximum absolute atomic E-state index is 13.0. The zero-order chi connectivity index (χ0) is 18.7. The molecule has 1 saturated heterocycles. The minimum atomic E-state index is -0.108. The van der Waals surface area contributed by atoms with Gasteiger partial charge in [0.1, 0.15) is 11.6 Å². The number of aromatic nitrogens is 1. The van der Waals surface area contributed by atoms with Gasteiger partial charge >= 0.3 is 0 Å². The molecule has 0 bridgehead atoms. The summed E-state index contributed by atoms with van der Waals surface area (Å²) in [6.07, 6.45) is 0. The van der Waals surface area contributed by atoms with Crippen LogP contribution in [0.4, 0.5) is 5.69 Å². The number of nitrogens with one attached hydrogen (secondary N) is 2. The SMILES string of the molecule is Cc1csc(CNc2cccc(C(=O)N3CC(=O)NCC3C(C)C)c2)n1. The molecule has 0 aliphatic carbocycles. The molecule has 26 heavy (non-hydrogen) atoms. The third-order valence-electron chi connectivity index (χ3n) is 4.47. The fourth-order valence-corrected chi connectivity index (χ4v) is 3.78. The molecular formula is C19H24N4O2S. The Morgan fingerprint density at radius 3 is 2.96 bits per heavy atom. The summed E-state index contributed by atoms with van der Waals surface area (Å²) in [6.45, 7) is 7.34. The van der Waals surface area contributed by atoms with Gasteiger partial charge < -0.3 is 15.5 Å². The van der Waals surface area contributed by atoms with Gasteiger partial charge in [0.2, 0.25) is 5.91 Å². The molecule has 2 amide bonds. The highest BCUT2D eigenvalue weighted by Crippen LogP contribution is 2.20. The maximum Gasteiger partial charge on any atom is 0.254 e. The normalized spacial score (nSPS) is 17.3. The van der Waals surface area contributed by atoms with E-state index in [1.807, 2.05) is 30.5 Å². The Hall–Kier alpha value is -2.41. The van der Waals surface area contributed by atoms with Crippen molar-refractivity contribution >= 4 is 28.8 Å². The first kappa shape index (κ1) is 18.4. The summed E-state index contributed by atoms with van der Waals surface area (Å²) in [5.74, 6) is 0.0602. The third-order valence-corrected chi connectivity index (χ3v) is 5.44. The Labute approximate surface area is 157 Å². The van der Waals surface area contributed by atoms with Gasteiger partial charge in [0.05, 0.1) is 12.6 Å². The molecule has 1 aliphatic rings. The lowest BCUT2D eigenvalue weighted by molar-refractivity contribution is -0.125. The molecule has 0 saturated carbocycles. The summed E-state index contributed by atoms with van der Waals surface area (Å²) in [6, 6.07) is 7.43. The van der Waals surface area contributed by atoms with E-state index in [2.05, 4.69) is 29.5 Å². The van der Waals surface area contributed by atoms with Gasteiger partial charge in [-0.15, -0.1) is 11.3 Å². The van der Waals surface area contributed by atoms with Gasteiger partial charge in [0, 0.05) is 28.9 Å². The number of carbonyl (C=O) groups excluding carboxylic acids is 2. The van der Waals surface area contributed by atoms with Gasteiger partial charge in [-0.3, -0.25) is 9.59 Å². The summed E-state index contributed by atoms with van der Waals surface area (Å²) in [7, 11) is 0. The van der Waals surface area contributed by atoms with Gasteiger partial charge in [0.25, 0.3) is 5.91 Å². The Bertz CT molecular complexity index is 802. The molecule has 6 nitrogen and oxygen atoms in total. The van der Waals surface area contributed by atoms with Crippen molar-refractivity contribution in [2.75, 3.05) is 18.4 Å². The van der Waals surface area contributed by atoms with Crippen LogP contribution in [0.1, 0.15) is 34.9 Å². The quantitative estimate of drug-likeness (QED) is 0.846. The van der Waals surface area contributed by atoms with Crippen LogP contribution in [0.2, 0.25) is 0 Å². The van der Waals surface area contributed by atoms with Crippen LogP contribution in [-0.4, -0.2) is 40.8 Å². The van der Waals surface area contributed by atoms with Gasteiger partial charge in [-0.05, 0) is 31.0 Å². The average Bonchev–Trinajstić information content (AvgIpc) is 3.04. The highest BCUT2D eigenvalue weighted by Gasteiger charge is 2.32. The molecule has 1 aromatic carbocycles. The molecule has 2 heterocycles. The molecule has 1 atom stereocenters. The topological polar surface area (TPSA) is 74.3 Å². The summed E-state index contributed by atoms with van der Waals surface area (Å²) < 4.78 is 0. The number of hydrogen-bond acceptors (Lipinski definition) is 5. The van der Waals surface area contributed by atoms with E-state index < -0.39 is 0 Å². The number of thiazole rings is 1. The van der Waals surface area contributed by atoms with Gasteiger partial charge in [-0.1, -0.05) is 19.9 Å². The van der Waals surface area contributed by atoms with Crippen LogP contribution < -0.4 is 10.6 Å². The summed E-state index contributed by atoms with van der Waals surface area (Å²) in [5, 5.41) is 9.19. The number of aryl methyl sites for hydroxylation is 1. The van der Waals surface area contributed by atoms with Gasteiger partial charge in [-0.2, -0.15) is 0 Å². The molecule has 1 fully saturated rings. The van der Waals surface area contributed by atoms with Crippen LogP contribution in [0.15, 0.2) is 29.6 Å². The van der Waals surface area contributed by atoms with E-state index in [1.165, 1.54) is 0 Å². The summed E-state index contributed by atoms with van der Waals surface area (Å²) >= 11 is 1.61. The van der Waals surface area contributed by atoms with Crippen molar-refractivity contribution in [1.82, 2.24) is 15.2 Å². The molecular weight excluding hydrogens is 348 g/mol. The first-order valence-corrected chi connectivity index (χ1v) is 9.64. The lowest BCUT2D eigenvalue weighted by Gasteiger charge is -2.38. The maximum atomic E-state index is 13.0. The second-order valence-corrected chi connectivity index (χ2v) is 7.81. The highest BCUT2D eigenvalue weighted by atomic mass is 32.1. The number of benzene rings is 1. The molecule has 2 N–H and O–H groups in total. The van der Waals surface area contributed by atoms with E-state index in [4.69, 9.17) is 0 Å². The van der Waals surface area contributed by atoms with Crippen LogP contribution in [0, 0.1) is 12.8 Å². The Morgan fingerprint density at radius 1 is 1.46 bits per heavy atom. The molecule has 138 valence electrons. The van der Waals surface area contributed by atoms with E-state index >= 15 is 0 Å². The zero-order valence-electron chi connectivity index (χ0n) is 15.3. The van der Waals surface area contributed by atoms with Gasteiger partial charge in [-0.25, -0.2) is 4.98 Å². The van der Waals surface area contributed by atoms with Crippen molar-refractivity contribution in [2.45, 2.75) is 33.4 Å². The van der Waals surface area contributed by atoms with Crippen LogP contribution in [0.25, 0.3) is 0 Å². The molecule has 0 radical (unpaired) electrons. The fourth-order valence-electron chi connectivity index (χ4n) is 3.06. The number of anilines is 1. The van der Waals surface area contributed by atoms with E-state index in [1.54, 1.807) is 22.3 Å². The van der Waals surface area contributed by atoms with Crippen LogP contribution in [-0.2, 0) is 11.3 Å². The largest absolute Gasteiger partial charge is 0.379 e. The minimum absolute atomic E-state index is 0.00936. The van der Waals surface area contributed by atoms with Crippen molar-refractivity contribution < 1.29 is 9.59 Å².